The number of rotatable bonds is 3. The van der Waals surface area contributed by atoms with Crippen LogP contribution >= 0.6 is 27.5 Å². The Balaban J connectivity index is 2.46. The fourth-order valence-corrected chi connectivity index (χ4v) is 2.54. The highest BCUT2D eigenvalue weighted by Crippen LogP contribution is 2.35. The van der Waals surface area contributed by atoms with Crippen LogP contribution in [0.2, 0.25) is 5.02 Å². The van der Waals surface area contributed by atoms with Gasteiger partial charge in [0.05, 0.1) is 26.9 Å². The van der Waals surface area contributed by atoms with Gasteiger partial charge in [0.2, 0.25) is 0 Å². The molecule has 21 heavy (non-hydrogen) atoms. The average Bonchev–Trinajstić information content (AvgIpc) is 2.42. The molecular weight excluding hydrogens is 365 g/mol. The van der Waals surface area contributed by atoms with Gasteiger partial charge in [0, 0.05) is 16.6 Å². The molecule has 2 aromatic rings. The first-order chi connectivity index (χ1) is 9.92. The number of hydrogen-bond acceptors (Lipinski definition) is 4. The van der Waals surface area contributed by atoms with Crippen molar-refractivity contribution in [2.75, 3.05) is 5.32 Å². The number of nitro groups is 1. The van der Waals surface area contributed by atoms with Crippen LogP contribution in [0.5, 0.6) is 0 Å². The van der Waals surface area contributed by atoms with Crippen molar-refractivity contribution >= 4 is 44.6 Å². The number of non-ortho nitro benzene ring substituents is 1. The molecule has 2 aromatic carbocycles. The Morgan fingerprint density at radius 1 is 1.38 bits per heavy atom. The van der Waals surface area contributed by atoms with E-state index < -0.39 is 10.7 Å². The Bertz CT molecular complexity index is 753. The van der Waals surface area contributed by atoms with Crippen LogP contribution in [0.15, 0.2) is 34.8 Å². The maximum Gasteiger partial charge on any atom is 0.270 e. The SMILES string of the molecule is N#Cc1cc([N+](=O)[O-])ccc1Nc1c(Cl)cc(F)cc1Br. The van der Waals surface area contributed by atoms with Gasteiger partial charge in [-0.1, -0.05) is 11.6 Å². The van der Waals surface area contributed by atoms with Crippen LogP contribution < -0.4 is 5.32 Å². The van der Waals surface area contributed by atoms with E-state index in [-0.39, 0.29) is 16.3 Å². The monoisotopic (exact) mass is 369 g/mol. The molecule has 0 saturated heterocycles. The van der Waals surface area contributed by atoms with Gasteiger partial charge >= 0.3 is 0 Å². The summed E-state index contributed by atoms with van der Waals surface area (Å²) in [4.78, 5) is 10.1. The molecule has 0 aliphatic carbocycles. The molecule has 5 nitrogen and oxygen atoms in total. The minimum atomic E-state index is -0.592. The normalized spacial score (nSPS) is 10.0. The lowest BCUT2D eigenvalue weighted by Gasteiger charge is -2.12. The first-order valence-electron chi connectivity index (χ1n) is 5.52. The second-order valence-corrected chi connectivity index (χ2v) is 5.23. The maximum absolute atomic E-state index is 13.2. The highest BCUT2D eigenvalue weighted by molar-refractivity contribution is 9.10. The van der Waals surface area contributed by atoms with Gasteiger partial charge in [-0.15, -0.1) is 0 Å². The molecule has 0 aliphatic heterocycles. The molecule has 0 saturated carbocycles. The summed E-state index contributed by atoms with van der Waals surface area (Å²) in [6, 6.07) is 7.99. The van der Waals surface area contributed by atoms with Crippen LogP contribution in [0.3, 0.4) is 0 Å². The Morgan fingerprint density at radius 3 is 2.67 bits per heavy atom. The van der Waals surface area contributed by atoms with Crippen LogP contribution in [-0.2, 0) is 0 Å². The third-order valence-electron chi connectivity index (χ3n) is 2.60. The van der Waals surface area contributed by atoms with Gasteiger partial charge in [0.15, 0.2) is 0 Å². The van der Waals surface area contributed by atoms with E-state index in [0.29, 0.717) is 15.8 Å². The van der Waals surface area contributed by atoms with Gasteiger partial charge in [0.1, 0.15) is 11.9 Å². The van der Waals surface area contributed by atoms with Crippen molar-refractivity contribution in [1.82, 2.24) is 0 Å². The van der Waals surface area contributed by atoms with Gasteiger partial charge < -0.3 is 5.32 Å². The second kappa shape index (κ2) is 6.08. The number of nitrogens with zero attached hydrogens (tertiary/aromatic N) is 2. The van der Waals surface area contributed by atoms with Crippen molar-refractivity contribution in [2.45, 2.75) is 0 Å². The summed E-state index contributed by atoms with van der Waals surface area (Å²) in [5, 5.41) is 22.7. The number of hydrogen-bond donors (Lipinski definition) is 1. The molecule has 0 atom stereocenters. The zero-order valence-corrected chi connectivity index (χ0v) is 12.6. The van der Waals surface area contributed by atoms with E-state index in [9.17, 15) is 14.5 Å². The van der Waals surface area contributed by atoms with Gasteiger partial charge in [-0.3, -0.25) is 10.1 Å². The minimum Gasteiger partial charge on any atom is -0.352 e. The van der Waals surface area contributed by atoms with Crippen LogP contribution in [-0.4, -0.2) is 4.92 Å². The van der Waals surface area contributed by atoms with Gasteiger partial charge in [-0.25, -0.2) is 4.39 Å². The summed E-state index contributed by atoms with van der Waals surface area (Å²) in [7, 11) is 0. The average molecular weight is 371 g/mol. The van der Waals surface area contributed by atoms with Gasteiger partial charge in [0.25, 0.3) is 5.69 Å². The number of anilines is 2. The van der Waals surface area contributed by atoms with Crippen LogP contribution in [0.4, 0.5) is 21.5 Å². The van der Waals surface area contributed by atoms with Crippen molar-refractivity contribution < 1.29 is 9.31 Å². The summed E-state index contributed by atoms with van der Waals surface area (Å²) in [5.41, 5.74) is 0.582. The Kier molecular flexibility index (Phi) is 4.40. The second-order valence-electron chi connectivity index (χ2n) is 3.97. The predicted molar refractivity (Wildman–Crippen MR) is 80.2 cm³/mol. The number of benzene rings is 2. The molecule has 2 rings (SSSR count). The Morgan fingerprint density at radius 2 is 2.10 bits per heavy atom. The van der Waals surface area contributed by atoms with Crippen LogP contribution in [0, 0.1) is 27.3 Å². The van der Waals surface area contributed by atoms with E-state index in [1.54, 1.807) is 0 Å². The molecule has 0 heterocycles. The molecule has 0 amide bonds. The summed E-state index contributed by atoms with van der Waals surface area (Å²) in [6.45, 7) is 0. The fraction of sp³-hybridized carbons (Fsp3) is 0. The number of nitro benzene ring substituents is 1. The Labute approximate surface area is 132 Å². The van der Waals surface area contributed by atoms with E-state index in [0.717, 1.165) is 12.1 Å². The molecular formula is C13H6BrClFN3O2. The van der Waals surface area contributed by atoms with Crippen molar-refractivity contribution in [2.24, 2.45) is 0 Å². The number of halogens is 3. The standard InChI is InChI=1S/C13H6BrClFN3O2/c14-10-4-8(16)5-11(15)13(10)18-12-2-1-9(19(20)21)3-7(12)6-17/h1-5,18H. The molecule has 106 valence electrons. The highest BCUT2D eigenvalue weighted by atomic mass is 79.9. The third-order valence-corrected chi connectivity index (χ3v) is 3.52. The molecule has 0 unspecified atom stereocenters. The van der Waals surface area contributed by atoms with Gasteiger partial charge in [-0.2, -0.15) is 5.26 Å². The van der Waals surface area contributed by atoms with Crippen molar-refractivity contribution in [3.05, 3.63) is 61.3 Å². The molecule has 0 spiro atoms. The Hall–Kier alpha value is -2.17. The van der Waals surface area contributed by atoms with E-state index in [1.807, 2.05) is 6.07 Å². The van der Waals surface area contributed by atoms with Crippen molar-refractivity contribution in [3.63, 3.8) is 0 Å². The largest absolute Gasteiger partial charge is 0.352 e. The third kappa shape index (κ3) is 3.29. The molecule has 0 radical (unpaired) electrons. The lowest BCUT2D eigenvalue weighted by atomic mass is 10.1. The van der Waals surface area contributed by atoms with Gasteiger partial charge in [-0.05, 0) is 34.1 Å². The number of nitriles is 1. The van der Waals surface area contributed by atoms with Crippen molar-refractivity contribution in [1.29, 1.82) is 5.26 Å². The van der Waals surface area contributed by atoms with E-state index in [1.165, 1.54) is 18.2 Å². The van der Waals surface area contributed by atoms with E-state index in [4.69, 9.17) is 16.9 Å². The molecule has 0 aromatic heterocycles. The summed E-state index contributed by atoms with van der Waals surface area (Å²) in [6.07, 6.45) is 0. The molecule has 8 heteroatoms. The maximum atomic E-state index is 13.2. The summed E-state index contributed by atoms with van der Waals surface area (Å²) < 4.78 is 13.5. The van der Waals surface area contributed by atoms with Crippen molar-refractivity contribution in [3.8, 4) is 6.07 Å². The van der Waals surface area contributed by atoms with E-state index in [2.05, 4.69) is 21.2 Å². The summed E-state index contributed by atoms with van der Waals surface area (Å²) >= 11 is 9.10. The first-order valence-corrected chi connectivity index (χ1v) is 6.69. The predicted octanol–water partition coefficient (Wildman–Crippen LogP) is 4.77. The zero-order valence-electron chi connectivity index (χ0n) is 10.2. The molecule has 1 N–H and O–H groups in total. The lowest BCUT2D eigenvalue weighted by molar-refractivity contribution is -0.384. The van der Waals surface area contributed by atoms with Crippen LogP contribution in [0.25, 0.3) is 0 Å². The first kappa shape index (κ1) is 15.2. The molecule has 0 aliphatic rings. The fourth-order valence-electron chi connectivity index (χ4n) is 1.64. The topological polar surface area (TPSA) is 79.0 Å². The molecule has 0 bridgehead atoms. The lowest BCUT2D eigenvalue weighted by Crippen LogP contribution is -1.98. The molecule has 0 fully saturated rings. The smallest absolute Gasteiger partial charge is 0.270 e. The quantitative estimate of drug-likeness (QED) is 0.624. The number of nitrogens with one attached hydrogen (secondary N) is 1. The van der Waals surface area contributed by atoms with E-state index >= 15 is 0 Å². The highest BCUT2D eigenvalue weighted by Gasteiger charge is 2.14. The van der Waals surface area contributed by atoms with Crippen LogP contribution in [0.1, 0.15) is 5.56 Å². The minimum absolute atomic E-state index is 0.0801. The summed E-state index contributed by atoms with van der Waals surface area (Å²) in [5.74, 6) is -0.512. The zero-order chi connectivity index (χ0) is 15.6.